The normalized spacial score (nSPS) is 13.2. The molecule has 2 aliphatic carbocycles. The summed E-state index contributed by atoms with van der Waals surface area (Å²) in [7, 11) is -22.1. The van der Waals surface area contributed by atoms with Crippen molar-refractivity contribution in [3.8, 4) is 56.4 Å². The molecule has 1 saturated heterocycles. The Bertz CT molecular complexity index is 5050. The molecule has 5 aliphatic rings. The van der Waals surface area contributed by atoms with Crippen LogP contribution >= 0.6 is 30.4 Å². The van der Waals surface area contributed by atoms with Crippen LogP contribution in [0, 0.1) is 0 Å². The summed E-state index contributed by atoms with van der Waals surface area (Å²) in [6.07, 6.45) is 2.07. The molecular formula is C68H71N5O31P4+2. The smallest absolute Gasteiger partial charge is 0.369 e. The average Bonchev–Trinajstić information content (AvgIpc) is 0.791. The number of nitrogens with one attached hydrogen (secondary N) is 1. The molecule has 108 heavy (non-hydrogen) atoms. The summed E-state index contributed by atoms with van der Waals surface area (Å²) >= 11 is 0. The molecule has 4 aromatic carbocycles. The number of amides is 3. The predicted molar refractivity (Wildman–Crippen MR) is 378 cm³/mol. The van der Waals surface area contributed by atoms with Gasteiger partial charge in [-0.1, -0.05) is 36.4 Å². The third-order valence-corrected chi connectivity index (χ3v) is 23.2. The van der Waals surface area contributed by atoms with E-state index < -0.39 is 95.3 Å². The molecule has 0 bridgehead atoms. The molecule has 2 aromatic heterocycles. The van der Waals surface area contributed by atoms with Crippen LogP contribution in [-0.4, -0.2) is 156 Å². The molecule has 0 radical (unpaired) electrons. The topological polar surface area (TPSA) is 613 Å². The van der Waals surface area contributed by atoms with Gasteiger partial charge in [0, 0.05) is 133 Å². The quantitative estimate of drug-likeness (QED) is 0.0225. The SMILES string of the molecule is CC(=O)NCC(O)C[n+]1cccc(CC(O)(P(=O)(O)O)P(=O)(O)O)c1.CC(=O)ON1C(=O)CCC1=O.NCC(O)C[n+]1cccc(CC(O)(P(=O)(O)O)P(=O)(O)O)c1.O=C(O)c1ccccc1-c1c2ccc(=O)cc-2oc2cc(O)ccc12.O=C(O)c1ccccc1-c1c2ccc(=O)cc-2oc2cc(O)ccc12. The predicted octanol–water partition coefficient (Wildman–Crippen LogP) is 3.40. The summed E-state index contributed by atoms with van der Waals surface area (Å²) in [4.78, 5) is 167. The Morgan fingerprint density at radius 1 is 0.537 bits per heavy atom. The fraction of sp³-hybridized carbons (Fsp3) is 0.206. The number of pyridine rings is 2. The second kappa shape index (κ2) is 35.1. The number of nitrogens with two attached hydrogens (primary N) is 1. The number of nitrogens with zero attached hydrogens (tertiary/aromatic N) is 3. The Morgan fingerprint density at radius 3 is 1.27 bits per heavy atom. The van der Waals surface area contributed by atoms with Crippen LogP contribution in [0.1, 0.15) is 58.5 Å². The van der Waals surface area contributed by atoms with Gasteiger partial charge in [-0.2, -0.15) is 0 Å². The molecule has 0 saturated carbocycles. The maximum absolute atomic E-state index is 11.7. The zero-order chi connectivity index (χ0) is 80.2. The van der Waals surface area contributed by atoms with E-state index in [0.29, 0.717) is 71.9 Å². The fourth-order valence-corrected chi connectivity index (χ4v) is 14.9. The maximum atomic E-state index is 11.7. The third-order valence-electron chi connectivity index (χ3n) is 15.7. The maximum Gasteiger partial charge on any atom is 0.369 e. The molecule has 5 heterocycles. The van der Waals surface area contributed by atoms with Crippen LogP contribution in [-0.2, 0) is 68.2 Å². The van der Waals surface area contributed by atoms with Gasteiger partial charge in [0.05, 0.1) is 11.1 Å². The highest BCUT2D eigenvalue weighted by molar-refractivity contribution is 7.72. The van der Waals surface area contributed by atoms with Crippen molar-refractivity contribution in [2.24, 2.45) is 5.73 Å². The van der Waals surface area contributed by atoms with E-state index in [9.17, 15) is 97.5 Å². The van der Waals surface area contributed by atoms with Gasteiger partial charge in [-0.25, -0.2) is 23.5 Å². The van der Waals surface area contributed by atoms with Crippen molar-refractivity contribution in [1.29, 1.82) is 0 Å². The van der Waals surface area contributed by atoms with Crippen LogP contribution in [0.25, 0.3) is 66.8 Å². The molecule has 1 fully saturated rings. The largest absolute Gasteiger partial charge is 0.508 e. The number of phenols is 2. The van der Waals surface area contributed by atoms with E-state index in [4.69, 9.17) is 53.7 Å². The number of hydroxylamine groups is 2. The van der Waals surface area contributed by atoms with Crippen LogP contribution < -0.4 is 31.0 Å². The number of carboxylic acids is 2. The van der Waals surface area contributed by atoms with Crippen molar-refractivity contribution < 1.29 is 150 Å². The van der Waals surface area contributed by atoms with Crippen LogP contribution in [0.3, 0.4) is 0 Å². The second-order valence-electron chi connectivity index (χ2n) is 23.9. The van der Waals surface area contributed by atoms with Crippen molar-refractivity contribution in [3.63, 3.8) is 0 Å². The molecule has 6 aromatic rings. The zero-order valence-corrected chi connectivity index (χ0v) is 60.0. The molecule has 0 spiro atoms. The number of hydrogen-bond acceptors (Lipinski definition) is 22. The van der Waals surface area contributed by atoms with Gasteiger partial charge in [0.2, 0.25) is 5.91 Å². The van der Waals surface area contributed by atoms with E-state index >= 15 is 0 Å². The Hall–Kier alpha value is -10.4. The minimum absolute atomic E-state index is 0.00162. The summed E-state index contributed by atoms with van der Waals surface area (Å²) in [5.41, 5.74) is 9.57. The number of rotatable bonds is 20. The molecule has 2 unspecified atom stereocenters. The lowest BCUT2D eigenvalue weighted by atomic mass is 9.91. The van der Waals surface area contributed by atoms with Gasteiger partial charge >= 0.3 is 48.3 Å². The highest BCUT2D eigenvalue weighted by atomic mass is 31.2. The number of aliphatic hydroxyl groups is 4. The van der Waals surface area contributed by atoms with Crippen molar-refractivity contribution in [3.05, 3.63) is 213 Å². The fourth-order valence-electron chi connectivity index (χ4n) is 10.6. The average molecular weight is 1580 g/mol. The molecule has 36 nitrogen and oxygen atoms in total. The molecule has 3 aliphatic heterocycles. The summed E-state index contributed by atoms with van der Waals surface area (Å²) in [5.74, 6) is -3.27. The Labute approximate surface area is 609 Å². The summed E-state index contributed by atoms with van der Waals surface area (Å²) in [5, 5.41) is 74.8. The second-order valence-corrected chi connectivity index (χ2v) is 31.9. The Morgan fingerprint density at radius 2 is 0.917 bits per heavy atom. The highest BCUT2D eigenvalue weighted by Crippen LogP contribution is 2.69. The van der Waals surface area contributed by atoms with Crippen LogP contribution in [0.15, 0.2) is 189 Å². The minimum atomic E-state index is -5.55. The Balaban J connectivity index is 0.000000192. The first-order chi connectivity index (χ1) is 50.4. The van der Waals surface area contributed by atoms with Crippen molar-refractivity contribution in [1.82, 2.24) is 10.4 Å². The van der Waals surface area contributed by atoms with E-state index in [1.165, 1.54) is 126 Å². The molecular weight excluding hydrogens is 1510 g/mol. The lowest BCUT2D eigenvalue weighted by molar-refractivity contribution is -0.703. The first kappa shape index (κ1) is 84.8. The van der Waals surface area contributed by atoms with Crippen molar-refractivity contribution >= 4 is 88.0 Å². The van der Waals surface area contributed by atoms with Gasteiger partial charge in [0.25, 0.3) is 22.0 Å². The van der Waals surface area contributed by atoms with Crippen LogP contribution in [0.2, 0.25) is 0 Å². The standard InChI is InChI=1S/2C20H12O5.C12H20N2O9P2.C10H18N2O8P2.C6H7NO4/c2*21-11-5-7-15-17(9-11)25-18-10-12(22)6-8-16(18)19(15)13-3-1-2-4-14(13)20(23)24;1-9(15)13-6-11(16)8-14-4-2-3-10(7-14)5-12(17,24(18,19)20)25(21,22)23;11-5-9(13)7-12-3-1-2-8(6-12)4-10(14,21(15,16)17)22(18,19)20;1-4(8)11-7-5(9)2-3-6(7)10/h2*1-10,21H,(H,23,24);2-4,7,11,16-17H,5-6,8H2,1H3,(H4-,13,15,18,19,20,21,22,23);1-3,6,9,13-14H,4-5,7,11H2,(H3-,15,16,17,18,19,20);2-3H2,1H3/p+2. The number of phenolic OH excluding ortho intramolecular Hbond substituents is 2. The number of benzene rings is 6. The van der Waals surface area contributed by atoms with E-state index in [1.807, 2.05) is 0 Å². The van der Waals surface area contributed by atoms with Gasteiger partial charge in [-0.3, -0.25) is 42.2 Å². The molecule has 3 amide bonds. The lowest BCUT2D eigenvalue weighted by Crippen LogP contribution is -2.44. The Kier molecular flexibility index (Phi) is 27.6. The number of carboxylic acid groups (broad SMARTS) is 2. The monoisotopic (exact) mass is 1580 g/mol. The highest BCUT2D eigenvalue weighted by Gasteiger charge is 2.60. The number of aromatic carboxylic acids is 2. The van der Waals surface area contributed by atoms with E-state index in [2.05, 4.69) is 10.2 Å². The number of aliphatic hydroxyl groups excluding tert-OH is 2. The van der Waals surface area contributed by atoms with Gasteiger partial charge in [-0.05, 0) is 83.9 Å². The van der Waals surface area contributed by atoms with Crippen LogP contribution in [0.5, 0.6) is 11.5 Å². The first-order valence-electron chi connectivity index (χ1n) is 31.4. The van der Waals surface area contributed by atoms with E-state index in [0.717, 1.165) is 6.92 Å². The zero-order valence-electron chi connectivity index (χ0n) is 56.5. The molecule has 572 valence electrons. The molecule has 11 rings (SSSR count). The van der Waals surface area contributed by atoms with Crippen LogP contribution in [0.4, 0.5) is 0 Å². The number of imide groups is 1. The molecule has 40 heteroatoms. The van der Waals surface area contributed by atoms with Gasteiger partial charge < -0.3 is 105 Å². The number of carbonyl (C=O) groups is 6. The van der Waals surface area contributed by atoms with Crippen molar-refractivity contribution in [2.75, 3.05) is 13.1 Å². The third kappa shape index (κ3) is 21.0. The molecule has 19 N–H and O–H groups in total. The minimum Gasteiger partial charge on any atom is -0.508 e. The van der Waals surface area contributed by atoms with Gasteiger partial charge in [0.15, 0.2) is 48.7 Å². The number of fused-ring (bicyclic) bond motifs is 4. The summed E-state index contributed by atoms with van der Waals surface area (Å²) < 4.78 is 59.7. The van der Waals surface area contributed by atoms with Gasteiger partial charge in [-0.15, -0.1) is 5.06 Å². The first-order valence-corrected chi connectivity index (χ1v) is 37.8. The summed E-state index contributed by atoms with van der Waals surface area (Å²) in [6, 6.07) is 36.9. The van der Waals surface area contributed by atoms with Gasteiger partial charge in [0.1, 0.15) is 46.4 Å². The molecule has 2 atom stereocenters. The van der Waals surface area contributed by atoms with Crippen molar-refractivity contribution in [2.45, 2.75) is 75.0 Å². The number of aromatic hydroxyl groups is 2. The number of hydrogen-bond donors (Lipinski definition) is 18. The lowest BCUT2D eigenvalue weighted by Gasteiger charge is -2.28. The van der Waals surface area contributed by atoms with E-state index in [1.54, 1.807) is 60.7 Å². The van der Waals surface area contributed by atoms with E-state index in [-0.39, 0.29) is 89.5 Å². The number of aromatic nitrogens is 2. The summed E-state index contributed by atoms with van der Waals surface area (Å²) in [6.45, 7) is 2.46. The number of carbonyl (C=O) groups excluding carboxylic acids is 4.